The number of hydrogen-bond donors (Lipinski definition) is 0. The van der Waals surface area contributed by atoms with Crippen LogP contribution in [0.15, 0.2) is 46.6 Å². The van der Waals surface area contributed by atoms with Crippen molar-refractivity contribution in [2.75, 3.05) is 33.2 Å². The zero-order chi connectivity index (χ0) is 22.4. The molecule has 1 aliphatic rings. The molecule has 30 heavy (non-hydrogen) atoms. The predicted molar refractivity (Wildman–Crippen MR) is 132 cm³/mol. The van der Waals surface area contributed by atoms with Crippen molar-refractivity contribution in [1.82, 2.24) is 9.80 Å². The molecular formula is C27H46N2O. The zero-order valence-electron chi connectivity index (χ0n) is 20.6. The lowest BCUT2D eigenvalue weighted by Gasteiger charge is -2.32. The van der Waals surface area contributed by atoms with E-state index in [-0.39, 0.29) is 0 Å². The highest BCUT2D eigenvalue weighted by Crippen LogP contribution is 2.14. The molecular weight excluding hydrogens is 368 g/mol. The monoisotopic (exact) mass is 414 g/mol. The van der Waals surface area contributed by atoms with Gasteiger partial charge in [0, 0.05) is 32.6 Å². The van der Waals surface area contributed by atoms with Gasteiger partial charge in [0.1, 0.15) is 0 Å². The van der Waals surface area contributed by atoms with Gasteiger partial charge in [-0.25, -0.2) is 0 Å². The van der Waals surface area contributed by atoms with Crippen molar-refractivity contribution >= 4 is 5.91 Å². The Morgan fingerprint density at radius 3 is 1.47 bits per heavy atom. The minimum absolute atomic E-state index is 0.312. The van der Waals surface area contributed by atoms with E-state index in [4.69, 9.17) is 0 Å². The van der Waals surface area contributed by atoms with Crippen LogP contribution < -0.4 is 0 Å². The van der Waals surface area contributed by atoms with Crippen molar-refractivity contribution < 1.29 is 4.79 Å². The number of allylic oxidation sites excluding steroid dienone is 8. The Kier molecular flexibility index (Phi) is 13.4. The standard InChI is InChI=1S/C27H46N2O/c1-23(2)11-7-12-24(3)13-8-14-25(4)15-9-16-26(5)17-10-18-27(30)29-21-19-28(6)20-22-29/h11,13,15,17H,7-10,12,14,16,18-22H2,1-6H3/b24-13+,25-15+,26-17+. The van der Waals surface area contributed by atoms with Gasteiger partial charge in [0.25, 0.3) is 0 Å². The average Bonchev–Trinajstić information content (AvgIpc) is 2.68. The van der Waals surface area contributed by atoms with E-state index in [1.807, 2.05) is 4.90 Å². The first-order valence-electron chi connectivity index (χ1n) is 11.8. The predicted octanol–water partition coefficient (Wildman–Crippen LogP) is 6.69. The van der Waals surface area contributed by atoms with Crippen molar-refractivity contribution in [3.8, 4) is 0 Å². The summed E-state index contributed by atoms with van der Waals surface area (Å²) in [5, 5.41) is 0. The summed E-state index contributed by atoms with van der Waals surface area (Å²) in [4.78, 5) is 16.6. The van der Waals surface area contributed by atoms with Crippen molar-refractivity contribution in [1.29, 1.82) is 0 Å². The lowest BCUT2D eigenvalue weighted by molar-refractivity contribution is -0.132. The average molecular weight is 415 g/mol. The number of likely N-dealkylation sites (N-methyl/N-ethyl adjacent to an activating group) is 1. The normalized spacial score (nSPS) is 16.7. The molecule has 1 rings (SSSR count). The van der Waals surface area contributed by atoms with Crippen LogP contribution in [0.3, 0.4) is 0 Å². The van der Waals surface area contributed by atoms with E-state index in [9.17, 15) is 4.79 Å². The highest BCUT2D eigenvalue weighted by Gasteiger charge is 2.17. The Morgan fingerprint density at radius 1 is 0.633 bits per heavy atom. The van der Waals surface area contributed by atoms with E-state index in [2.05, 4.69) is 70.9 Å². The minimum Gasteiger partial charge on any atom is -0.340 e. The van der Waals surface area contributed by atoms with Crippen LogP contribution in [0.2, 0.25) is 0 Å². The molecule has 0 aromatic heterocycles. The van der Waals surface area contributed by atoms with E-state index in [0.29, 0.717) is 12.3 Å². The first-order chi connectivity index (χ1) is 14.3. The number of carbonyl (C=O) groups excluding carboxylic acids is 1. The van der Waals surface area contributed by atoms with Crippen LogP contribution in [-0.2, 0) is 4.79 Å². The van der Waals surface area contributed by atoms with Crippen LogP contribution in [0.1, 0.15) is 86.0 Å². The number of amides is 1. The summed E-state index contributed by atoms with van der Waals surface area (Å²) in [6.45, 7) is 14.8. The smallest absolute Gasteiger partial charge is 0.222 e. The Hall–Kier alpha value is -1.61. The topological polar surface area (TPSA) is 23.6 Å². The molecule has 0 bridgehead atoms. The van der Waals surface area contributed by atoms with E-state index >= 15 is 0 Å². The third kappa shape index (κ3) is 12.8. The second-order valence-electron chi connectivity index (χ2n) is 9.27. The summed E-state index contributed by atoms with van der Waals surface area (Å²) >= 11 is 0. The molecule has 0 aromatic carbocycles. The number of piperazine rings is 1. The largest absolute Gasteiger partial charge is 0.340 e. The number of hydrogen-bond acceptors (Lipinski definition) is 2. The van der Waals surface area contributed by atoms with Gasteiger partial charge in [-0.1, -0.05) is 46.6 Å². The summed E-state index contributed by atoms with van der Waals surface area (Å²) in [5.41, 5.74) is 5.80. The van der Waals surface area contributed by atoms with E-state index in [1.54, 1.807) is 0 Å². The molecule has 0 radical (unpaired) electrons. The number of rotatable bonds is 12. The van der Waals surface area contributed by atoms with Gasteiger partial charge in [0.2, 0.25) is 5.91 Å². The highest BCUT2D eigenvalue weighted by atomic mass is 16.2. The molecule has 0 spiro atoms. The second kappa shape index (κ2) is 15.2. The third-order valence-electron chi connectivity index (χ3n) is 5.86. The van der Waals surface area contributed by atoms with Gasteiger partial charge < -0.3 is 9.80 Å². The van der Waals surface area contributed by atoms with E-state index in [0.717, 1.165) is 64.7 Å². The Morgan fingerprint density at radius 2 is 1.03 bits per heavy atom. The molecule has 0 atom stereocenters. The first kappa shape index (κ1) is 26.4. The fourth-order valence-electron chi connectivity index (χ4n) is 3.64. The Balaban J connectivity index is 2.20. The van der Waals surface area contributed by atoms with Crippen LogP contribution >= 0.6 is 0 Å². The van der Waals surface area contributed by atoms with E-state index < -0.39 is 0 Å². The van der Waals surface area contributed by atoms with Gasteiger partial charge in [-0.15, -0.1) is 0 Å². The van der Waals surface area contributed by atoms with Crippen LogP contribution in [0.5, 0.6) is 0 Å². The molecule has 3 heteroatoms. The maximum Gasteiger partial charge on any atom is 0.222 e. The molecule has 1 aliphatic heterocycles. The molecule has 1 fully saturated rings. The van der Waals surface area contributed by atoms with Gasteiger partial charge in [-0.3, -0.25) is 4.79 Å². The lowest BCUT2D eigenvalue weighted by Crippen LogP contribution is -2.47. The SMILES string of the molecule is CC(C)=CCC/C(C)=C/CC/C(C)=C/CC/C(C)=C/CCC(=O)N1CCN(C)CC1. The molecule has 0 aliphatic carbocycles. The maximum absolute atomic E-state index is 12.3. The lowest BCUT2D eigenvalue weighted by atomic mass is 10.0. The van der Waals surface area contributed by atoms with Gasteiger partial charge in [0.15, 0.2) is 0 Å². The van der Waals surface area contributed by atoms with Gasteiger partial charge >= 0.3 is 0 Å². The van der Waals surface area contributed by atoms with E-state index in [1.165, 1.54) is 28.7 Å². The quantitative estimate of drug-likeness (QED) is 0.332. The Bertz CT molecular complexity index is 627. The summed E-state index contributed by atoms with van der Waals surface area (Å²) in [5.74, 6) is 0.312. The fraction of sp³-hybridized carbons (Fsp3) is 0.667. The molecule has 1 heterocycles. The van der Waals surface area contributed by atoms with Crippen LogP contribution in [0, 0.1) is 0 Å². The molecule has 0 aromatic rings. The van der Waals surface area contributed by atoms with Crippen LogP contribution in [0.4, 0.5) is 0 Å². The molecule has 0 unspecified atom stereocenters. The molecule has 170 valence electrons. The molecule has 0 N–H and O–H groups in total. The van der Waals surface area contributed by atoms with Gasteiger partial charge in [-0.2, -0.15) is 0 Å². The van der Waals surface area contributed by atoms with Crippen LogP contribution in [0.25, 0.3) is 0 Å². The van der Waals surface area contributed by atoms with Crippen molar-refractivity contribution in [3.63, 3.8) is 0 Å². The molecule has 3 nitrogen and oxygen atoms in total. The zero-order valence-corrected chi connectivity index (χ0v) is 20.6. The van der Waals surface area contributed by atoms with Crippen molar-refractivity contribution in [3.05, 3.63) is 46.6 Å². The third-order valence-corrected chi connectivity index (χ3v) is 5.86. The highest BCUT2D eigenvalue weighted by molar-refractivity contribution is 5.76. The fourth-order valence-corrected chi connectivity index (χ4v) is 3.64. The molecule has 1 amide bonds. The summed E-state index contributed by atoms with van der Waals surface area (Å²) in [6.07, 6.45) is 17.7. The number of carbonyl (C=O) groups is 1. The minimum atomic E-state index is 0.312. The van der Waals surface area contributed by atoms with Crippen LogP contribution in [-0.4, -0.2) is 48.9 Å². The van der Waals surface area contributed by atoms with Gasteiger partial charge in [-0.05, 0) is 86.6 Å². The van der Waals surface area contributed by atoms with Crippen molar-refractivity contribution in [2.45, 2.75) is 86.0 Å². The molecule has 1 saturated heterocycles. The summed E-state index contributed by atoms with van der Waals surface area (Å²) in [7, 11) is 2.12. The van der Waals surface area contributed by atoms with Crippen molar-refractivity contribution in [2.24, 2.45) is 0 Å². The Labute approximate surface area is 186 Å². The summed E-state index contributed by atoms with van der Waals surface area (Å²) in [6, 6.07) is 0. The second-order valence-corrected chi connectivity index (χ2v) is 9.27. The first-order valence-corrected chi connectivity index (χ1v) is 11.8. The summed E-state index contributed by atoms with van der Waals surface area (Å²) < 4.78 is 0. The molecule has 0 saturated carbocycles. The van der Waals surface area contributed by atoms with Gasteiger partial charge in [0.05, 0.1) is 0 Å². The maximum atomic E-state index is 12.3. The number of nitrogens with zero attached hydrogens (tertiary/aromatic N) is 2.